The summed E-state index contributed by atoms with van der Waals surface area (Å²) in [7, 11) is 0.133. The molecule has 1 aliphatic rings. The van der Waals surface area contributed by atoms with E-state index in [9.17, 15) is 4.21 Å². The molecule has 0 spiro atoms. The number of benzene rings is 2. The maximum absolute atomic E-state index is 12.7. The van der Waals surface area contributed by atoms with E-state index in [0.29, 0.717) is 28.5 Å². The lowest BCUT2D eigenvalue weighted by molar-refractivity contribution is 0.275. The summed E-state index contributed by atoms with van der Waals surface area (Å²) in [6, 6.07) is 12.5. The number of nitriles is 1. The molecule has 2 aromatic carbocycles. The number of methoxy groups -OCH3 is 1. The van der Waals surface area contributed by atoms with Crippen molar-refractivity contribution < 1.29 is 13.7 Å². The molecule has 1 aliphatic heterocycles. The fourth-order valence-corrected chi connectivity index (χ4v) is 3.55. The Bertz CT molecular complexity index is 799. The van der Waals surface area contributed by atoms with Crippen LogP contribution < -0.4 is 14.2 Å². The van der Waals surface area contributed by atoms with Crippen molar-refractivity contribution in [2.75, 3.05) is 18.4 Å². The van der Waals surface area contributed by atoms with Gasteiger partial charge in [0.05, 0.1) is 25.3 Å². The molecule has 5 nitrogen and oxygen atoms in total. The SMILES string of the molecule is COc1ccc(S(=O)Nc2cccc(C#N)c2)c2c1CCCO2. The van der Waals surface area contributed by atoms with E-state index in [2.05, 4.69) is 10.8 Å². The van der Waals surface area contributed by atoms with Crippen molar-refractivity contribution in [2.24, 2.45) is 0 Å². The highest BCUT2D eigenvalue weighted by Crippen LogP contribution is 2.37. The Morgan fingerprint density at radius 3 is 3.00 bits per heavy atom. The minimum absolute atomic E-state index is 0.514. The average molecular weight is 328 g/mol. The van der Waals surface area contributed by atoms with Crippen LogP contribution in [0.2, 0.25) is 0 Å². The summed E-state index contributed by atoms with van der Waals surface area (Å²) in [5, 5.41) is 8.94. The summed E-state index contributed by atoms with van der Waals surface area (Å²) in [6.45, 7) is 0.605. The van der Waals surface area contributed by atoms with E-state index in [1.165, 1.54) is 0 Å². The molecule has 0 aromatic heterocycles. The first-order valence-electron chi connectivity index (χ1n) is 7.24. The maximum atomic E-state index is 12.7. The molecule has 0 amide bonds. The van der Waals surface area contributed by atoms with Crippen LogP contribution in [0.25, 0.3) is 0 Å². The summed E-state index contributed by atoms with van der Waals surface area (Å²) in [5.41, 5.74) is 2.10. The average Bonchev–Trinajstić information content (AvgIpc) is 2.60. The quantitative estimate of drug-likeness (QED) is 0.936. The number of ether oxygens (including phenoxy) is 2. The van der Waals surface area contributed by atoms with Crippen molar-refractivity contribution in [3.63, 3.8) is 0 Å². The second-order valence-electron chi connectivity index (χ2n) is 5.09. The lowest BCUT2D eigenvalue weighted by atomic mass is 10.1. The van der Waals surface area contributed by atoms with E-state index < -0.39 is 11.0 Å². The van der Waals surface area contributed by atoms with Gasteiger partial charge in [-0.05, 0) is 43.2 Å². The van der Waals surface area contributed by atoms with Gasteiger partial charge in [0.15, 0.2) is 11.0 Å². The number of fused-ring (bicyclic) bond motifs is 1. The van der Waals surface area contributed by atoms with E-state index >= 15 is 0 Å². The van der Waals surface area contributed by atoms with Gasteiger partial charge in [0.2, 0.25) is 0 Å². The van der Waals surface area contributed by atoms with Gasteiger partial charge in [0.1, 0.15) is 16.4 Å². The highest BCUT2D eigenvalue weighted by molar-refractivity contribution is 7.86. The standard InChI is InChI=1S/C17H16N2O3S/c1-21-15-7-8-16(17-14(15)6-3-9-22-17)23(20)19-13-5-2-4-12(10-13)11-18/h2,4-5,7-8,10,19H,3,6,9H2,1H3. The largest absolute Gasteiger partial charge is 0.496 e. The molecule has 0 radical (unpaired) electrons. The van der Waals surface area contributed by atoms with Crippen LogP contribution >= 0.6 is 0 Å². The number of anilines is 1. The molecule has 2 aromatic rings. The smallest absolute Gasteiger partial charge is 0.154 e. The third-order valence-electron chi connectivity index (χ3n) is 3.62. The summed E-state index contributed by atoms with van der Waals surface area (Å²) in [5.74, 6) is 1.39. The summed E-state index contributed by atoms with van der Waals surface area (Å²) >= 11 is 0. The number of hydrogen-bond donors (Lipinski definition) is 1. The highest BCUT2D eigenvalue weighted by Gasteiger charge is 2.22. The normalized spacial score (nSPS) is 14.1. The predicted molar refractivity (Wildman–Crippen MR) is 88.0 cm³/mol. The van der Waals surface area contributed by atoms with Crippen LogP contribution in [-0.2, 0) is 17.4 Å². The monoisotopic (exact) mass is 328 g/mol. The molecule has 6 heteroatoms. The minimum Gasteiger partial charge on any atom is -0.496 e. The van der Waals surface area contributed by atoms with Crippen molar-refractivity contribution in [1.29, 1.82) is 5.26 Å². The van der Waals surface area contributed by atoms with Gasteiger partial charge >= 0.3 is 0 Å². The number of nitrogens with zero attached hydrogens (tertiary/aromatic N) is 1. The third-order valence-corrected chi connectivity index (χ3v) is 4.76. The van der Waals surface area contributed by atoms with Gasteiger partial charge in [-0.2, -0.15) is 5.26 Å². The van der Waals surface area contributed by atoms with E-state index in [4.69, 9.17) is 14.7 Å². The molecule has 0 bridgehead atoms. The molecule has 0 aliphatic carbocycles. The highest BCUT2D eigenvalue weighted by atomic mass is 32.2. The Labute approximate surface area is 137 Å². The van der Waals surface area contributed by atoms with Crippen molar-refractivity contribution >= 4 is 16.7 Å². The Balaban J connectivity index is 1.92. The number of nitrogens with one attached hydrogen (secondary N) is 1. The first-order valence-corrected chi connectivity index (χ1v) is 8.39. The molecular weight excluding hydrogens is 312 g/mol. The third kappa shape index (κ3) is 3.15. The van der Waals surface area contributed by atoms with Gasteiger partial charge in [-0.15, -0.1) is 0 Å². The lowest BCUT2D eigenvalue weighted by Gasteiger charge is -2.22. The van der Waals surface area contributed by atoms with Crippen LogP contribution in [-0.4, -0.2) is 17.9 Å². The van der Waals surface area contributed by atoms with Crippen LogP contribution in [0.15, 0.2) is 41.3 Å². The second kappa shape index (κ2) is 6.71. The molecule has 23 heavy (non-hydrogen) atoms. The minimum atomic E-state index is -1.48. The summed E-state index contributed by atoms with van der Waals surface area (Å²) in [6.07, 6.45) is 1.75. The molecule has 0 saturated heterocycles. The van der Waals surface area contributed by atoms with E-state index in [0.717, 1.165) is 24.2 Å². The molecule has 118 valence electrons. The molecule has 3 rings (SSSR count). The molecule has 1 N–H and O–H groups in total. The Morgan fingerprint density at radius 1 is 1.35 bits per heavy atom. The lowest BCUT2D eigenvalue weighted by Crippen LogP contribution is -2.14. The van der Waals surface area contributed by atoms with Crippen LogP contribution in [0, 0.1) is 11.3 Å². The fraction of sp³-hybridized carbons (Fsp3) is 0.235. The molecule has 0 fully saturated rings. The van der Waals surface area contributed by atoms with E-state index in [1.54, 1.807) is 37.4 Å². The fourth-order valence-electron chi connectivity index (χ4n) is 2.56. The maximum Gasteiger partial charge on any atom is 0.154 e. The topological polar surface area (TPSA) is 71.3 Å². The Morgan fingerprint density at radius 2 is 2.22 bits per heavy atom. The zero-order valence-electron chi connectivity index (χ0n) is 12.7. The van der Waals surface area contributed by atoms with E-state index in [-0.39, 0.29) is 0 Å². The van der Waals surface area contributed by atoms with E-state index in [1.807, 2.05) is 6.07 Å². The van der Waals surface area contributed by atoms with Crippen molar-refractivity contribution in [2.45, 2.75) is 17.7 Å². The van der Waals surface area contributed by atoms with Gasteiger partial charge in [-0.3, -0.25) is 0 Å². The van der Waals surface area contributed by atoms with Crippen molar-refractivity contribution in [1.82, 2.24) is 0 Å². The van der Waals surface area contributed by atoms with Crippen LogP contribution in [0.4, 0.5) is 5.69 Å². The number of rotatable bonds is 4. The van der Waals surface area contributed by atoms with Gasteiger partial charge < -0.3 is 14.2 Å². The summed E-state index contributed by atoms with van der Waals surface area (Å²) in [4.78, 5) is 0.586. The van der Waals surface area contributed by atoms with Crippen LogP contribution in [0.3, 0.4) is 0 Å². The molecule has 1 heterocycles. The zero-order valence-corrected chi connectivity index (χ0v) is 13.5. The van der Waals surface area contributed by atoms with Crippen molar-refractivity contribution in [3.8, 4) is 17.6 Å². The molecular formula is C17H16N2O3S. The number of hydrogen-bond acceptors (Lipinski definition) is 4. The molecule has 1 atom stereocenters. The van der Waals surface area contributed by atoms with Gasteiger partial charge in [0.25, 0.3) is 0 Å². The summed E-state index contributed by atoms with van der Waals surface area (Å²) < 4.78 is 26.7. The second-order valence-corrected chi connectivity index (χ2v) is 6.27. The predicted octanol–water partition coefficient (Wildman–Crippen LogP) is 3.03. The molecule has 1 unspecified atom stereocenters. The van der Waals surface area contributed by atoms with Gasteiger partial charge in [-0.1, -0.05) is 6.07 Å². The van der Waals surface area contributed by atoms with Gasteiger partial charge in [0, 0.05) is 11.3 Å². The first kappa shape index (κ1) is 15.4. The van der Waals surface area contributed by atoms with Crippen LogP contribution in [0.1, 0.15) is 17.5 Å². The zero-order chi connectivity index (χ0) is 16.2. The Kier molecular flexibility index (Phi) is 4.49. The van der Waals surface area contributed by atoms with Gasteiger partial charge in [-0.25, -0.2) is 4.21 Å². The van der Waals surface area contributed by atoms with Crippen molar-refractivity contribution in [3.05, 3.63) is 47.5 Å². The van der Waals surface area contributed by atoms with Crippen LogP contribution in [0.5, 0.6) is 11.5 Å². The Hall–Kier alpha value is -2.52. The first-order chi connectivity index (χ1) is 11.2. The molecule has 0 saturated carbocycles.